The molecule has 6 aromatic carbocycles. The van der Waals surface area contributed by atoms with Crippen LogP contribution in [0.3, 0.4) is 0 Å². The van der Waals surface area contributed by atoms with E-state index in [4.69, 9.17) is 4.74 Å². The SMILES string of the molecule is CC.CC.CC.CC.CC.CC.CC(=O)[C@H]1Cc2ccccc2[C@H]1C.CC(C)O[C@H]1Cc2ccccc2[C@H]1C.CC[C@H]1Cc2ccccc2[C@H]1C.C[C@H]1CCc2cc(Br)ccc21.C[C@H]1CCc2cc(F)ccc21.C[C@H]1Cc2ccccc2[C@H]1CO. The molecule has 85 heavy (non-hydrogen) atoms. The molecule has 1 N–H and O–H groups in total. The lowest BCUT2D eigenvalue weighted by atomic mass is 9.92. The third kappa shape index (κ3) is 23.1. The first-order chi connectivity index (χ1) is 41.1. The molecule has 3 nitrogen and oxygen atoms in total. The van der Waals surface area contributed by atoms with Crippen molar-refractivity contribution in [2.75, 3.05) is 6.61 Å². The topological polar surface area (TPSA) is 46.5 Å². The summed E-state index contributed by atoms with van der Waals surface area (Å²) in [5, 5.41) is 9.18. The molecule has 0 heterocycles. The Labute approximate surface area is 530 Å². The third-order valence-corrected chi connectivity index (χ3v) is 17.7. The molecule has 472 valence electrons. The number of halogens is 2. The number of Topliss-reactive ketones (excluding diaryl/α,β-unsaturated/α-hetero) is 1. The van der Waals surface area contributed by atoms with Crippen LogP contribution < -0.4 is 0 Å². The minimum Gasteiger partial charge on any atom is -0.396 e. The van der Waals surface area contributed by atoms with Gasteiger partial charge in [-0.15, -0.1) is 0 Å². The molecule has 6 aliphatic carbocycles. The Kier molecular flexibility index (Phi) is 39.7. The van der Waals surface area contributed by atoms with E-state index in [2.05, 4.69) is 187 Å². The van der Waals surface area contributed by atoms with Crippen molar-refractivity contribution in [1.82, 2.24) is 0 Å². The van der Waals surface area contributed by atoms with Crippen molar-refractivity contribution in [3.05, 3.63) is 211 Å². The fourth-order valence-corrected chi connectivity index (χ4v) is 13.1. The summed E-state index contributed by atoms with van der Waals surface area (Å²) in [7, 11) is 0. The number of aliphatic hydroxyl groups excluding tert-OH is 1. The number of aliphatic hydroxyl groups is 1. The van der Waals surface area contributed by atoms with Crippen LogP contribution in [0.1, 0.15) is 274 Å². The van der Waals surface area contributed by atoms with Gasteiger partial charge in [0.05, 0.1) is 18.8 Å². The molecule has 0 aromatic heterocycles. The van der Waals surface area contributed by atoms with Gasteiger partial charge in [-0.1, -0.05) is 263 Å². The number of ketones is 1. The second-order valence-corrected chi connectivity index (χ2v) is 23.3. The van der Waals surface area contributed by atoms with Crippen LogP contribution in [0.4, 0.5) is 4.39 Å². The first-order valence-electron chi connectivity index (χ1n) is 33.7. The van der Waals surface area contributed by atoms with E-state index in [9.17, 15) is 14.3 Å². The highest BCUT2D eigenvalue weighted by Crippen LogP contribution is 2.41. The maximum atomic E-state index is 12.7. The Hall–Kier alpha value is -4.68. The van der Waals surface area contributed by atoms with Crippen LogP contribution in [-0.4, -0.2) is 29.7 Å². The molecular weight excluding hydrogens is 1110 g/mol. The van der Waals surface area contributed by atoms with Crippen LogP contribution in [0.5, 0.6) is 0 Å². The molecule has 0 saturated carbocycles. The van der Waals surface area contributed by atoms with E-state index in [1.807, 2.05) is 95.2 Å². The number of rotatable bonds is 5. The molecule has 0 fully saturated rings. The molecule has 6 aromatic rings. The number of hydrogen-bond acceptors (Lipinski definition) is 3. The summed E-state index contributed by atoms with van der Waals surface area (Å²) >= 11 is 3.48. The molecule has 0 spiro atoms. The molecule has 0 radical (unpaired) electrons. The van der Waals surface area contributed by atoms with Crippen LogP contribution in [0.25, 0.3) is 0 Å². The average Bonchev–Trinajstić information content (AvgIpc) is 4.00. The fraction of sp³-hybridized carbons (Fsp3) is 0.537. The van der Waals surface area contributed by atoms with Crippen LogP contribution in [0, 0.1) is 23.6 Å². The van der Waals surface area contributed by atoms with Crippen molar-refractivity contribution in [2.45, 2.75) is 258 Å². The molecule has 0 saturated heterocycles. The predicted octanol–water partition coefficient (Wildman–Crippen LogP) is 23.5. The van der Waals surface area contributed by atoms with Crippen LogP contribution >= 0.6 is 15.9 Å². The lowest BCUT2D eigenvalue weighted by Gasteiger charge is -2.19. The number of fused-ring (bicyclic) bond motifs is 6. The number of carbonyl (C=O) groups is 1. The average molecular weight is 1230 g/mol. The highest BCUT2D eigenvalue weighted by molar-refractivity contribution is 9.10. The summed E-state index contributed by atoms with van der Waals surface area (Å²) in [5.74, 6) is 5.46. The number of benzene rings is 6. The lowest BCUT2D eigenvalue weighted by molar-refractivity contribution is -0.120. The number of carbonyl (C=O) groups excluding carboxylic acids is 1. The van der Waals surface area contributed by atoms with Gasteiger partial charge in [0.1, 0.15) is 11.6 Å². The molecule has 0 unspecified atom stereocenters. The standard InChI is InChI=1S/C13H18O.C12H14O.C12H16.C11H14O.C10H11Br.C10H11F.6C2H6/c1-9(2)14-13-8-11-6-4-5-7-12(11)10(13)3;1-8-11-6-4-3-5-10(11)7-12(8)9(2)13;1-3-10-8-11-6-4-5-7-12(11)9(10)2;1-8-6-9-4-2-3-5-10(9)11(8)7-12;2*1-7-2-3-8-6-9(11)4-5-10(7)8;6*1-2/h4-7,9-10,13H,8H2,1-3H3;3-6,8,12H,7H2,1-2H3;4-7,9-10H,3,8H2,1-2H3;2-5,8,11-12H,6-7H2,1H3;2*4-7H,2-3H2,1H3;6*1-2H3/t10-,13+;8-,12+;9-,10-;8-,11-;2*7-;;;;;;/m110000....../s1. The summed E-state index contributed by atoms with van der Waals surface area (Å²) in [6.45, 7) is 46.0. The maximum Gasteiger partial charge on any atom is 0.133 e. The zero-order valence-electron chi connectivity index (χ0n) is 57.6. The van der Waals surface area contributed by atoms with Crippen molar-refractivity contribution in [2.24, 2.45) is 17.8 Å². The number of hydrogen-bond donors (Lipinski definition) is 1. The number of ether oxygens (including phenoxy) is 1. The number of aryl methyl sites for hydroxylation is 2. The van der Waals surface area contributed by atoms with Gasteiger partial charge >= 0.3 is 0 Å². The zero-order valence-corrected chi connectivity index (χ0v) is 59.2. The van der Waals surface area contributed by atoms with E-state index in [0.717, 1.165) is 43.4 Å². The normalized spacial score (nSPS) is 21.9. The Morgan fingerprint density at radius 3 is 1.36 bits per heavy atom. The van der Waals surface area contributed by atoms with Crippen LogP contribution in [-0.2, 0) is 48.1 Å². The van der Waals surface area contributed by atoms with Gasteiger partial charge in [0.15, 0.2) is 0 Å². The van der Waals surface area contributed by atoms with E-state index in [0.29, 0.717) is 47.6 Å². The van der Waals surface area contributed by atoms with Crippen LogP contribution in [0.15, 0.2) is 138 Å². The second-order valence-electron chi connectivity index (χ2n) is 22.4. The first kappa shape index (κ1) is 78.3. The second kappa shape index (κ2) is 43.0. The predicted molar refractivity (Wildman–Crippen MR) is 375 cm³/mol. The fourth-order valence-electron chi connectivity index (χ4n) is 12.7. The molecule has 12 rings (SSSR count). The van der Waals surface area contributed by atoms with E-state index in [-0.39, 0.29) is 18.3 Å². The Morgan fingerprint density at radius 2 is 0.929 bits per heavy atom. The van der Waals surface area contributed by atoms with Crippen LogP contribution in [0.2, 0.25) is 0 Å². The van der Waals surface area contributed by atoms with Crippen molar-refractivity contribution in [3.8, 4) is 0 Å². The van der Waals surface area contributed by atoms with E-state index in [1.54, 1.807) is 35.7 Å². The summed E-state index contributed by atoms with van der Waals surface area (Å²) < 4.78 is 19.8. The van der Waals surface area contributed by atoms with Crippen molar-refractivity contribution in [3.63, 3.8) is 0 Å². The smallest absolute Gasteiger partial charge is 0.133 e. The molecule has 0 amide bonds. The van der Waals surface area contributed by atoms with Gasteiger partial charge in [-0.3, -0.25) is 4.79 Å². The van der Waals surface area contributed by atoms with Gasteiger partial charge in [0.25, 0.3) is 0 Å². The summed E-state index contributed by atoms with van der Waals surface area (Å²) in [4.78, 5) is 11.3. The molecule has 0 aliphatic heterocycles. The summed E-state index contributed by atoms with van der Waals surface area (Å²) in [6, 6.07) is 46.2. The van der Waals surface area contributed by atoms with Gasteiger partial charge in [0, 0.05) is 22.2 Å². The van der Waals surface area contributed by atoms with Gasteiger partial charge in [-0.2, -0.15) is 0 Å². The monoisotopic (exact) mass is 1230 g/mol. The van der Waals surface area contributed by atoms with Crippen molar-refractivity contribution in [1.29, 1.82) is 0 Å². The summed E-state index contributed by atoms with van der Waals surface area (Å²) in [6.07, 6.45) is 11.3. The van der Waals surface area contributed by atoms with Crippen molar-refractivity contribution >= 4 is 21.7 Å². The quantitative estimate of drug-likeness (QED) is 0.187. The largest absolute Gasteiger partial charge is 0.396 e. The summed E-state index contributed by atoms with van der Waals surface area (Å²) in [5.41, 5.74) is 17.2. The maximum absolute atomic E-state index is 12.7. The van der Waals surface area contributed by atoms with Gasteiger partial charge in [0.2, 0.25) is 0 Å². The highest BCUT2D eigenvalue weighted by atomic mass is 79.9. The lowest BCUT2D eigenvalue weighted by Crippen LogP contribution is -2.20. The van der Waals surface area contributed by atoms with E-state index in [1.165, 1.54) is 86.6 Å². The molecule has 0 bridgehead atoms. The molecule has 6 aliphatic rings. The molecular formula is C80H120BrFO3. The molecule has 10 atom stereocenters. The van der Waals surface area contributed by atoms with Gasteiger partial charge in [-0.05, 0) is 199 Å². The van der Waals surface area contributed by atoms with Crippen molar-refractivity contribution < 1.29 is 19.0 Å². The molecule has 5 heteroatoms. The Bertz CT molecular complexity index is 2680. The minimum atomic E-state index is -0.0992. The van der Waals surface area contributed by atoms with Gasteiger partial charge in [-0.25, -0.2) is 4.39 Å². The highest BCUT2D eigenvalue weighted by Gasteiger charge is 2.33. The Morgan fingerprint density at radius 1 is 0.518 bits per heavy atom. The minimum absolute atomic E-state index is 0.0992. The van der Waals surface area contributed by atoms with Gasteiger partial charge < -0.3 is 9.84 Å². The van der Waals surface area contributed by atoms with E-state index < -0.39 is 0 Å². The first-order valence-corrected chi connectivity index (χ1v) is 34.5. The third-order valence-electron chi connectivity index (χ3n) is 17.2. The zero-order chi connectivity index (χ0) is 64.3. The Balaban J connectivity index is 0.000000492. The van der Waals surface area contributed by atoms with E-state index >= 15 is 0 Å².